The van der Waals surface area contributed by atoms with E-state index in [2.05, 4.69) is 11.9 Å². The minimum Gasteiger partial charge on any atom is -0.508 e. The minimum atomic E-state index is 0.318. The summed E-state index contributed by atoms with van der Waals surface area (Å²) in [6.45, 7) is 3.17. The Morgan fingerprint density at radius 2 is 2.00 bits per heavy atom. The Kier molecular flexibility index (Phi) is 2.53. The normalized spacial score (nSPS) is 21.8. The van der Waals surface area contributed by atoms with E-state index in [1.807, 2.05) is 12.1 Å². The van der Waals surface area contributed by atoms with E-state index in [0.717, 1.165) is 24.4 Å². The quantitative estimate of drug-likeness (QED) is 0.723. The van der Waals surface area contributed by atoms with E-state index < -0.39 is 0 Å². The lowest BCUT2D eigenvalue weighted by Gasteiger charge is -2.17. The van der Waals surface area contributed by atoms with Crippen molar-refractivity contribution in [2.75, 3.05) is 6.54 Å². The molecular weight excluding hydrogens is 174 g/mol. The van der Waals surface area contributed by atoms with Crippen LogP contribution in [0.4, 0.5) is 0 Å². The first-order valence-corrected chi connectivity index (χ1v) is 5.08. The number of rotatable bonds is 1. The van der Waals surface area contributed by atoms with Gasteiger partial charge in [-0.15, -0.1) is 0 Å². The van der Waals surface area contributed by atoms with E-state index >= 15 is 0 Å². The standard InChI is InChI=1S/C12H15NO/c1-9-2-7-12(13-8-9)10-3-5-11(14)6-4-10/h3-6,9,14H,2,7-8H2,1H3. The topological polar surface area (TPSA) is 32.6 Å². The number of benzene rings is 1. The van der Waals surface area contributed by atoms with Crippen LogP contribution in [0.1, 0.15) is 25.3 Å². The third-order valence-corrected chi connectivity index (χ3v) is 2.67. The Bertz CT molecular complexity index is 340. The Hall–Kier alpha value is -1.31. The lowest BCUT2D eigenvalue weighted by molar-refractivity contribution is 0.475. The van der Waals surface area contributed by atoms with E-state index in [1.54, 1.807) is 12.1 Å². The van der Waals surface area contributed by atoms with Crippen LogP contribution in [0.2, 0.25) is 0 Å². The van der Waals surface area contributed by atoms with Crippen LogP contribution in [0.5, 0.6) is 5.75 Å². The third-order valence-electron chi connectivity index (χ3n) is 2.67. The molecule has 2 heteroatoms. The van der Waals surface area contributed by atoms with Crippen molar-refractivity contribution in [3.05, 3.63) is 29.8 Å². The maximum absolute atomic E-state index is 9.16. The Morgan fingerprint density at radius 3 is 2.57 bits per heavy atom. The summed E-state index contributed by atoms with van der Waals surface area (Å²) in [7, 11) is 0. The summed E-state index contributed by atoms with van der Waals surface area (Å²) in [4.78, 5) is 4.55. The first kappa shape index (κ1) is 9.25. The van der Waals surface area contributed by atoms with E-state index in [4.69, 9.17) is 5.11 Å². The molecule has 1 N–H and O–H groups in total. The van der Waals surface area contributed by atoms with Gasteiger partial charge in [-0.3, -0.25) is 4.99 Å². The summed E-state index contributed by atoms with van der Waals surface area (Å²) in [5.41, 5.74) is 2.33. The monoisotopic (exact) mass is 189 g/mol. The van der Waals surface area contributed by atoms with E-state index in [1.165, 1.54) is 12.1 Å². The van der Waals surface area contributed by atoms with Gasteiger partial charge >= 0.3 is 0 Å². The van der Waals surface area contributed by atoms with Gasteiger partial charge in [0.05, 0.1) is 0 Å². The molecule has 14 heavy (non-hydrogen) atoms. The van der Waals surface area contributed by atoms with Gasteiger partial charge in [-0.25, -0.2) is 0 Å². The first-order valence-electron chi connectivity index (χ1n) is 5.08. The van der Waals surface area contributed by atoms with Crippen LogP contribution >= 0.6 is 0 Å². The second-order valence-electron chi connectivity index (χ2n) is 3.98. The summed E-state index contributed by atoms with van der Waals surface area (Å²) in [5, 5.41) is 9.16. The van der Waals surface area contributed by atoms with Crippen molar-refractivity contribution >= 4 is 5.71 Å². The molecular formula is C12H15NO. The number of hydrogen-bond donors (Lipinski definition) is 1. The van der Waals surface area contributed by atoms with Gasteiger partial charge in [0, 0.05) is 12.3 Å². The molecule has 1 unspecified atom stereocenters. The average Bonchev–Trinajstić information content (AvgIpc) is 2.21. The zero-order valence-corrected chi connectivity index (χ0v) is 8.40. The molecule has 1 aromatic rings. The van der Waals surface area contributed by atoms with Crippen molar-refractivity contribution in [3.63, 3.8) is 0 Å². The molecule has 2 rings (SSSR count). The molecule has 0 spiro atoms. The van der Waals surface area contributed by atoms with Crippen molar-refractivity contribution in [1.82, 2.24) is 0 Å². The number of aromatic hydroxyl groups is 1. The lowest BCUT2D eigenvalue weighted by Crippen LogP contribution is -2.13. The number of phenols is 1. The Labute approximate surface area is 84.3 Å². The predicted molar refractivity (Wildman–Crippen MR) is 57.9 cm³/mol. The molecule has 0 fully saturated rings. The highest BCUT2D eigenvalue weighted by atomic mass is 16.3. The van der Waals surface area contributed by atoms with Crippen molar-refractivity contribution < 1.29 is 5.11 Å². The van der Waals surface area contributed by atoms with Gasteiger partial charge < -0.3 is 5.11 Å². The van der Waals surface area contributed by atoms with Gasteiger partial charge in [0.15, 0.2) is 0 Å². The molecule has 0 bridgehead atoms. The summed E-state index contributed by atoms with van der Waals surface area (Å²) >= 11 is 0. The maximum Gasteiger partial charge on any atom is 0.115 e. The van der Waals surface area contributed by atoms with Gasteiger partial charge in [0.2, 0.25) is 0 Å². The molecule has 1 heterocycles. The third kappa shape index (κ3) is 1.95. The smallest absolute Gasteiger partial charge is 0.115 e. The second-order valence-corrected chi connectivity index (χ2v) is 3.98. The predicted octanol–water partition coefficient (Wildman–Crippen LogP) is 2.61. The summed E-state index contributed by atoms with van der Waals surface area (Å²) in [6, 6.07) is 7.31. The van der Waals surface area contributed by atoms with Crippen LogP contribution in [0, 0.1) is 5.92 Å². The SMILES string of the molecule is CC1CCC(c2ccc(O)cc2)=NC1. The highest BCUT2D eigenvalue weighted by Crippen LogP contribution is 2.19. The Balaban J connectivity index is 2.19. The molecule has 2 nitrogen and oxygen atoms in total. The highest BCUT2D eigenvalue weighted by Gasteiger charge is 2.12. The van der Waals surface area contributed by atoms with Crippen LogP contribution in [0.15, 0.2) is 29.3 Å². The molecule has 1 aromatic carbocycles. The average molecular weight is 189 g/mol. The molecule has 0 radical (unpaired) electrons. The van der Waals surface area contributed by atoms with Crippen molar-refractivity contribution in [2.24, 2.45) is 10.9 Å². The van der Waals surface area contributed by atoms with Gasteiger partial charge in [-0.05, 0) is 48.6 Å². The largest absolute Gasteiger partial charge is 0.508 e. The summed E-state index contributed by atoms with van der Waals surface area (Å²) < 4.78 is 0. The van der Waals surface area contributed by atoms with Crippen LogP contribution in [0.3, 0.4) is 0 Å². The zero-order valence-electron chi connectivity index (χ0n) is 8.40. The molecule has 74 valence electrons. The maximum atomic E-state index is 9.16. The Morgan fingerprint density at radius 1 is 1.29 bits per heavy atom. The van der Waals surface area contributed by atoms with E-state index in [0.29, 0.717) is 5.75 Å². The fourth-order valence-corrected chi connectivity index (χ4v) is 1.71. The van der Waals surface area contributed by atoms with Crippen molar-refractivity contribution in [3.8, 4) is 5.75 Å². The minimum absolute atomic E-state index is 0.318. The lowest BCUT2D eigenvalue weighted by atomic mass is 9.96. The van der Waals surface area contributed by atoms with Gasteiger partial charge in [0.25, 0.3) is 0 Å². The molecule has 1 aliphatic heterocycles. The van der Waals surface area contributed by atoms with Gasteiger partial charge in [-0.2, -0.15) is 0 Å². The van der Waals surface area contributed by atoms with Crippen LogP contribution < -0.4 is 0 Å². The molecule has 1 atom stereocenters. The number of nitrogens with zero attached hydrogens (tertiary/aromatic N) is 1. The number of hydrogen-bond acceptors (Lipinski definition) is 2. The number of aliphatic imine (C=N–C) groups is 1. The van der Waals surface area contributed by atoms with Crippen LogP contribution in [0.25, 0.3) is 0 Å². The molecule has 0 saturated carbocycles. The first-order chi connectivity index (χ1) is 6.75. The molecule has 1 aliphatic rings. The van der Waals surface area contributed by atoms with Gasteiger partial charge in [-0.1, -0.05) is 6.92 Å². The molecule has 0 amide bonds. The number of phenolic OH excluding ortho intramolecular Hbond substituents is 1. The van der Waals surface area contributed by atoms with Crippen molar-refractivity contribution in [1.29, 1.82) is 0 Å². The molecule has 0 aliphatic carbocycles. The van der Waals surface area contributed by atoms with Crippen LogP contribution in [-0.2, 0) is 0 Å². The summed E-state index contributed by atoms with van der Waals surface area (Å²) in [6.07, 6.45) is 2.28. The van der Waals surface area contributed by atoms with Gasteiger partial charge in [0.1, 0.15) is 5.75 Å². The van der Waals surface area contributed by atoms with Crippen molar-refractivity contribution in [2.45, 2.75) is 19.8 Å². The molecule has 0 saturated heterocycles. The zero-order chi connectivity index (χ0) is 9.97. The van der Waals surface area contributed by atoms with E-state index in [-0.39, 0.29) is 0 Å². The summed E-state index contributed by atoms with van der Waals surface area (Å²) in [5.74, 6) is 1.04. The second kappa shape index (κ2) is 3.82. The van der Waals surface area contributed by atoms with Crippen LogP contribution in [-0.4, -0.2) is 17.4 Å². The highest BCUT2D eigenvalue weighted by molar-refractivity contribution is 6.00. The molecule has 0 aromatic heterocycles. The fourth-order valence-electron chi connectivity index (χ4n) is 1.71. The fraction of sp³-hybridized carbons (Fsp3) is 0.417. The van der Waals surface area contributed by atoms with E-state index in [9.17, 15) is 0 Å².